The molecule has 0 atom stereocenters. The normalized spacial score (nSPS) is 11.5. The Kier molecular flexibility index (Phi) is 39.9. The van der Waals surface area contributed by atoms with E-state index in [0.717, 1.165) is 13.0 Å². The highest BCUT2D eigenvalue weighted by atomic mass is 16.1. The molecule has 0 aromatic heterocycles. The minimum Gasteiger partial charge on any atom is -0.370 e. The highest BCUT2D eigenvalue weighted by Gasteiger charge is 1.98. The average molecular weight is 621 g/mol. The van der Waals surface area contributed by atoms with Crippen LogP contribution in [0.5, 0.6) is 0 Å². The first kappa shape index (κ1) is 43.4. The van der Waals surface area contributed by atoms with Gasteiger partial charge in [-0.3, -0.25) is 4.79 Å². The van der Waals surface area contributed by atoms with E-state index in [4.69, 9.17) is 5.73 Å². The van der Waals surface area contributed by atoms with Crippen molar-refractivity contribution in [3.8, 4) is 0 Å². The maximum absolute atomic E-state index is 10.7. The van der Waals surface area contributed by atoms with E-state index in [1.54, 1.807) is 0 Å². The number of nitrogens with two attached hydrogens (primary N) is 1. The zero-order chi connectivity index (χ0) is 31.9. The predicted octanol–water partition coefficient (Wildman–Crippen LogP) is 13.5. The summed E-state index contributed by atoms with van der Waals surface area (Å²) in [5.41, 5.74) is 5.18. The van der Waals surface area contributed by atoms with Gasteiger partial charge < -0.3 is 11.1 Å². The topological polar surface area (TPSA) is 55.1 Å². The van der Waals surface area contributed by atoms with Crippen molar-refractivity contribution in [2.24, 2.45) is 5.73 Å². The first-order chi connectivity index (χ1) is 21.8. The highest BCUT2D eigenvalue weighted by Crippen LogP contribution is 2.17. The summed E-state index contributed by atoms with van der Waals surface area (Å²) in [4.78, 5) is 10.7. The van der Waals surface area contributed by atoms with Gasteiger partial charge in [-0.05, 0) is 25.9 Å². The van der Waals surface area contributed by atoms with Crippen LogP contribution in [0.3, 0.4) is 0 Å². The molecule has 0 aromatic carbocycles. The SMILES string of the molecule is CCNCCCCCCCCCCCCCCCCCCCCCCCCCCCCCCCCCCCCCCC(N)=O. The molecule has 3 heteroatoms. The Morgan fingerprint density at radius 2 is 0.523 bits per heavy atom. The van der Waals surface area contributed by atoms with Gasteiger partial charge in [-0.25, -0.2) is 0 Å². The van der Waals surface area contributed by atoms with Crippen LogP contribution in [0.2, 0.25) is 0 Å². The zero-order valence-corrected chi connectivity index (χ0v) is 30.6. The molecule has 0 aliphatic carbocycles. The zero-order valence-electron chi connectivity index (χ0n) is 30.6. The van der Waals surface area contributed by atoms with Crippen LogP contribution in [-0.2, 0) is 4.79 Å². The Balaban J connectivity index is 3.04. The summed E-state index contributed by atoms with van der Waals surface area (Å²) in [7, 11) is 0. The third-order valence-electron chi connectivity index (χ3n) is 9.78. The number of primary amides is 1. The lowest BCUT2D eigenvalue weighted by Gasteiger charge is -2.05. The molecule has 0 aliphatic rings. The van der Waals surface area contributed by atoms with Gasteiger partial charge in [0.25, 0.3) is 0 Å². The first-order valence-corrected chi connectivity index (χ1v) is 20.8. The second-order valence-electron chi connectivity index (χ2n) is 14.3. The summed E-state index contributed by atoms with van der Waals surface area (Å²) >= 11 is 0. The molecular weight excluding hydrogens is 536 g/mol. The van der Waals surface area contributed by atoms with Crippen LogP contribution in [0, 0.1) is 0 Å². The predicted molar refractivity (Wildman–Crippen MR) is 199 cm³/mol. The Morgan fingerprint density at radius 1 is 0.341 bits per heavy atom. The van der Waals surface area contributed by atoms with Crippen LogP contribution in [0.25, 0.3) is 0 Å². The third kappa shape index (κ3) is 41.4. The van der Waals surface area contributed by atoms with Crippen molar-refractivity contribution in [1.82, 2.24) is 5.32 Å². The number of carbonyl (C=O) groups is 1. The molecule has 0 aliphatic heterocycles. The molecule has 0 saturated carbocycles. The first-order valence-electron chi connectivity index (χ1n) is 20.8. The summed E-state index contributed by atoms with van der Waals surface area (Å²) < 4.78 is 0. The second-order valence-corrected chi connectivity index (χ2v) is 14.3. The molecule has 3 N–H and O–H groups in total. The van der Waals surface area contributed by atoms with E-state index < -0.39 is 0 Å². The van der Waals surface area contributed by atoms with Gasteiger partial charge in [-0.1, -0.05) is 225 Å². The van der Waals surface area contributed by atoms with Gasteiger partial charge in [0.15, 0.2) is 0 Å². The number of hydrogen-bond acceptors (Lipinski definition) is 2. The van der Waals surface area contributed by atoms with Crippen LogP contribution in [0.15, 0.2) is 0 Å². The van der Waals surface area contributed by atoms with Crippen molar-refractivity contribution >= 4 is 5.91 Å². The van der Waals surface area contributed by atoms with Gasteiger partial charge in [-0.15, -0.1) is 0 Å². The molecule has 0 spiro atoms. The van der Waals surface area contributed by atoms with Crippen molar-refractivity contribution in [3.05, 3.63) is 0 Å². The van der Waals surface area contributed by atoms with E-state index in [0.29, 0.717) is 6.42 Å². The number of nitrogens with one attached hydrogen (secondary N) is 1. The monoisotopic (exact) mass is 621 g/mol. The molecule has 1 amide bonds. The van der Waals surface area contributed by atoms with Crippen LogP contribution < -0.4 is 11.1 Å². The van der Waals surface area contributed by atoms with Crippen LogP contribution in [-0.4, -0.2) is 19.0 Å². The summed E-state index contributed by atoms with van der Waals surface area (Å²) in [6.07, 6.45) is 52.0. The smallest absolute Gasteiger partial charge is 0.217 e. The number of unbranched alkanes of at least 4 members (excludes halogenated alkanes) is 35. The van der Waals surface area contributed by atoms with Crippen LogP contribution in [0.4, 0.5) is 0 Å². The molecule has 0 rings (SSSR count). The summed E-state index contributed by atoms with van der Waals surface area (Å²) in [5.74, 6) is -0.147. The molecular formula is C41H84N2O. The standard InChI is InChI=1S/C41H84N2O/c1-2-43-40-38-36-34-32-30-28-26-24-22-20-18-16-14-12-10-8-6-4-3-5-7-9-11-13-15-17-19-21-23-25-27-29-31-33-35-37-39-41(42)44/h43H,2-40H2,1H3,(H2,42,44). The maximum atomic E-state index is 10.7. The van der Waals surface area contributed by atoms with Crippen molar-refractivity contribution in [2.45, 2.75) is 244 Å². The van der Waals surface area contributed by atoms with Crippen LogP contribution >= 0.6 is 0 Å². The fraction of sp³-hybridized carbons (Fsp3) is 0.976. The molecule has 0 heterocycles. The Morgan fingerprint density at radius 3 is 0.705 bits per heavy atom. The molecule has 0 aromatic rings. The Labute approximate surface area is 278 Å². The number of amides is 1. The summed E-state index contributed by atoms with van der Waals surface area (Å²) in [6, 6.07) is 0. The number of hydrogen-bond donors (Lipinski definition) is 2. The van der Waals surface area contributed by atoms with E-state index >= 15 is 0 Å². The molecule has 3 nitrogen and oxygen atoms in total. The summed E-state index contributed by atoms with van der Waals surface area (Å²) in [6.45, 7) is 4.53. The molecule has 0 saturated heterocycles. The van der Waals surface area contributed by atoms with Gasteiger partial charge in [0, 0.05) is 6.42 Å². The second kappa shape index (κ2) is 40.5. The van der Waals surface area contributed by atoms with Crippen molar-refractivity contribution < 1.29 is 4.79 Å². The van der Waals surface area contributed by atoms with Gasteiger partial charge in [-0.2, -0.15) is 0 Å². The van der Waals surface area contributed by atoms with E-state index in [1.165, 1.54) is 231 Å². The molecule has 264 valence electrons. The Bertz CT molecular complexity index is 523. The van der Waals surface area contributed by atoms with Gasteiger partial charge in [0.1, 0.15) is 0 Å². The van der Waals surface area contributed by atoms with Gasteiger partial charge >= 0.3 is 0 Å². The molecule has 0 unspecified atom stereocenters. The quantitative estimate of drug-likeness (QED) is 0.0669. The van der Waals surface area contributed by atoms with Gasteiger partial charge in [0.2, 0.25) is 5.91 Å². The minimum absolute atomic E-state index is 0.147. The lowest BCUT2D eigenvalue weighted by molar-refractivity contribution is -0.118. The van der Waals surface area contributed by atoms with Crippen molar-refractivity contribution in [1.29, 1.82) is 0 Å². The van der Waals surface area contributed by atoms with E-state index in [2.05, 4.69) is 12.2 Å². The number of carbonyl (C=O) groups excluding carboxylic acids is 1. The van der Waals surface area contributed by atoms with E-state index in [1.807, 2.05) is 0 Å². The third-order valence-corrected chi connectivity index (χ3v) is 9.78. The van der Waals surface area contributed by atoms with Crippen LogP contribution in [0.1, 0.15) is 244 Å². The molecule has 0 fully saturated rings. The summed E-state index contributed by atoms with van der Waals surface area (Å²) in [5, 5.41) is 3.42. The van der Waals surface area contributed by atoms with Gasteiger partial charge in [0.05, 0.1) is 0 Å². The van der Waals surface area contributed by atoms with Crippen molar-refractivity contribution in [2.75, 3.05) is 13.1 Å². The highest BCUT2D eigenvalue weighted by molar-refractivity contribution is 5.73. The molecule has 0 radical (unpaired) electrons. The fourth-order valence-electron chi connectivity index (χ4n) is 6.74. The average Bonchev–Trinajstić information content (AvgIpc) is 3.02. The Hall–Kier alpha value is -0.570. The van der Waals surface area contributed by atoms with E-state index in [-0.39, 0.29) is 5.91 Å². The molecule has 0 bridgehead atoms. The lowest BCUT2D eigenvalue weighted by atomic mass is 10.0. The maximum Gasteiger partial charge on any atom is 0.217 e. The minimum atomic E-state index is -0.147. The lowest BCUT2D eigenvalue weighted by Crippen LogP contribution is -2.13. The molecule has 44 heavy (non-hydrogen) atoms. The van der Waals surface area contributed by atoms with E-state index in [9.17, 15) is 4.79 Å². The fourth-order valence-corrected chi connectivity index (χ4v) is 6.74. The largest absolute Gasteiger partial charge is 0.370 e. The number of rotatable bonds is 40. The van der Waals surface area contributed by atoms with Crippen molar-refractivity contribution in [3.63, 3.8) is 0 Å².